The molecule has 1 aliphatic carbocycles. The SMILES string of the molecule is CC(C)COc1ccc(C(=O)NC(=S)Nc2ccc(S(=O)(=O)NC3CCCCC3)cc2)cc1. The fraction of sp³-hybridized carbons (Fsp3) is 0.417. The lowest BCUT2D eigenvalue weighted by molar-refractivity contribution is 0.0977. The number of hydrogen-bond donors (Lipinski definition) is 3. The van der Waals surface area contributed by atoms with E-state index in [0.717, 1.165) is 32.1 Å². The van der Waals surface area contributed by atoms with Crippen LogP contribution in [0, 0.1) is 5.92 Å². The minimum Gasteiger partial charge on any atom is -0.493 e. The molecule has 0 aliphatic heterocycles. The molecule has 0 atom stereocenters. The Balaban J connectivity index is 1.52. The minimum absolute atomic E-state index is 0.000163. The second-order valence-corrected chi connectivity index (χ2v) is 10.7. The maximum absolute atomic E-state index is 12.6. The number of thiocarbonyl (C=S) groups is 1. The first-order valence-corrected chi connectivity index (χ1v) is 13.1. The normalized spacial score (nSPS) is 14.6. The van der Waals surface area contributed by atoms with Gasteiger partial charge in [0.1, 0.15) is 5.75 Å². The van der Waals surface area contributed by atoms with Gasteiger partial charge in [-0.3, -0.25) is 10.1 Å². The topological polar surface area (TPSA) is 96.5 Å². The summed E-state index contributed by atoms with van der Waals surface area (Å²) in [5, 5.41) is 5.65. The third-order valence-electron chi connectivity index (χ3n) is 5.28. The number of carbonyl (C=O) groups excluding carboxylic acids is 1. The first-order chi connectivity index (χ1) is 15.7. The quantitative estimate of drug-likeness (QED) is 0.474. The maximum atomic E-state index is 12.6. The van der Waals surface area contributed by atoms with Crippen LogP contribution in [0.4, 0.5) is 5.69 Å². The molecule has 2 aromatic carbocycles. The van der Waals surface area contributed by atoms with Crippen LogP contribution in [0.5, 0.6) is 5.75 Å². The van der Waals surface area contributed by atoms with Crippen LogP contribution < -0.4 is 20.1 Å². The molecule has 3 rings (SSSR count). The monoisotopic (exact) mass is 489 g/mol. The molecule has 0 heterocycles. The first kappa shape index (κ1) is 25.1. The number of nitrogens with one attached hydrogen (secondary N) is 3. The van der Waals surface area contributed by atoms with E-state index in [4.69, 9.17) is 17.0 Å². The van der Waals surface area contributed by atoms with Crippen molar-refractivity contribution >= 4 is 38.9 Å². The summed E-state index contributed by atoms with van der Waals surface area (Å²) in [5.41, 5.74) is 1.03. The van der Waals surface area contributed by atoms with E-state index in [-0.39, 0.29) is 22.0 Å². The molecular weight excluding hydrogens is 458 g/mol. The predicted octanol–water partition coefficient (Wildman–Crippen LogP) is 4.46. The third kappa shape index (κ3) is 7.80. The highest BCUT2D eigenvalue weighted by atomic mass is 32.2. The van der Waals surface area contributed by atoms with Crippen LogP contribution in [-0.2, 0) is 10.0 Å². The molecular formula is C24H31N3O4S2. The zero-order valence-electron chi connectivity index (χ0n) is 19.0. The van der Waals surface area contributed by atoms with Crippen molar-refractivity contribution in [3.05, 3.63) is 54.1 Å². The van der Waals surface area contributed by atoms with Crippen LogP contribution in [0.15, 0.2) is 53.4 Å². The molecule has 178 valence electrons. The van der Waals surface area contributed by atoms with Gasteiger partial charge in [0.15, 0.2) is 5.11 Å². The highest BCUT2D eigenvalue weighted by molar-refractivity contribution is 7.89. The molecule has 0 saturated heterocycles. The smallest absolute Gasteiger partial charge is 0.257 e. The van der Waals surface area contributed by atoms with Crippen LogP contribution in [0.3, 0.4) is 0 Å². The van der Waals surface area contributed by atoms with E-state index in [1.54, 1.807) is 36.4 Å². The van der Waals surface area contributed by atoms with E-state index in [1.807, 2.05) is 0 Å². The van der Waals surface area contributed by atoms with Crippen molar-refractivity contribution in [2.75, 3.05) is 11.9 Å². The Labute approximate surface area is 201 Å². The summed E-state index contributed by atoms with van der Waals surface area (Å²) >= 11 is 5.22. The van der Waals surface area contributed by atoms with E-state index in [1.165, 1.54) is 12.1 Å². The van der Waals surface area contributed by atoms with E-state index in [2.05, 4.69) is 29.2 Å². The first-order valence-electron chi connectivity index (χ1n) is 11.2. The van der Waals surface area contributed by atoms with Crippen molar-refractivity contribution in [1.82, 2.24) is 10.0 Å². The van der Waals surface area contributed by atoms with Gasteiger partial charge in [-0.2, -0.15) is 0 Å². The van der Waals surface area contributed by atoms with Crippen molar-refractivity contribution in [3.63, 3.8) is 0 Å². The number of carbonyl (C=O) groups is 1. The molecule has 2 aromatic rings. The molecule has 1 saturated carbocycles. The number of ether oxygens (including phenoxy) is 1. The molecule has 0 bridgehead atoms. The highest BCUT2D eigenvalue weighted by Crippen LogP contribution is 2.21. The van der Waals surface area contributed by atoms with Gasteiger partial charge in [-0.05, 0) is 79.5 Å². The minimum atomic E-state index is -3.56. The predicted molar refractivity (Wildman–Crippen MR) is 134 cm³/mol. The van der Waals surface area contributed by atoms with Crippen molar-refractivity contribution in [2.24, 2.45) is 5.92 Å². The summed E-state index contributed by atoms with van der Waals surface area (Å²) in [4.78, 5) is 12.6. The summed E-state index contributed by atoms with van der Waals surface area (Å²) in [6.07, 6.45) is 5.01. The number of anilines is 1. The van der Waals surface area contributed by atoms with E-state index in [0.29, 0.717) is 29.5 Å². The number of benzene rings is 2. The van der Waals surface area contributed by atoms with Gasteiger partial charge in [0.05, 0.1) is 11.5 Å². The number of amides is 1. The van der Waals surface area contributed by atoms with Crippen LogP contribution in [0.2, 0.25) is 0 Å². The maximum Gasteiger partial charge on any atom is 0.257 e. The van der Waals surface area contributed by atoms with Crippen molar-refractivity contribution in [3.8, 4) is 5.75 Å². The average molecular weight is 490 g/mol. The van der Waals surface area contributed by atoms with E-state index in [9.17, 15) is 13.2 Å². The van der Waals surface area contributed by atoms with Gasteiger partial charge in [-0.1, -0.05) is 33.1 Å². The Kier molecular flexibility index (Phi) is 8.82. The Bertz CT molecular complexity index is 1050. The standard InChI is InChI=1S/C24H31N3O4S2/c1-17(2)16-31-21-12-8-18(9-13-21)23(28)26-24(32)25-19-10-14-22(15-11-19)33(29,30)27-20-6-4-3-5-7-20/h8-15,17,20,27H,3-7,16H2,1-2H3,(H2,25,26,28,32). The molecule has 7 nitrogen and oxygen atoms in total. The molecule has 1 amide bonds. The molecule has 3 N–H and O–H groups in total. The van der Waals surface area contributed by atoms with Gasteiger partial charge < -0.3 is 10.1 Å². The Morgan fingerprint density at radius 3 is 2.27 bits per heavy atom. The zero-order chi connectivity index (χ0) is 23.8. The lowest BCUT2D eigenvalue weighted by Crippen LogP contribution is -2.36. The van der Waals surface area contributed by atoms with E-state index < -0.39 is 10.0 Å². The number of sulfonamides is 1. The molecule has 1 aliphatic rings. The molecule has 0 unspecified atom stereocenters. The van der Waals surface area contributed by atoms with Crippen LogP contribution >= 0.6 is 12.2 Å². The second kappa shape index (κ2) is 11.6. The summed E-state index contributed by atoms with van der Waals surface area (Å²) in [6.45, 7) is 4.74. The molecule has 0 aromatic heterocycles. The Morgan fingerprint density at radius 2 is 1.67 bits per heavy atom. The van der Waals surface area contributed by atoms with Crippen LogP contribution in [-0.4, -0.2) is 32.1 Å². The molecule has 9 heteroatoms. The fourth-order valence-corrected chi connectivity index (χ4v) is 5.04. The van der Waals surface area contributed by atoms with Crippen LogP contribution in [0.1, 0.15) is 56.3 Å². The Morgan fingerprint density at radius 1 is 1.03 bits per heavy atom. The fourth-order valence-electron chi connectivity index (χ4n) is 3.53. The molecule has 1 fully saturated rings. The summed E-state index contributed by atoms with van der Waals surface area (Å²) < 4.78 is 33.6. The van der Waals surface area contributed by atoms with Gasteiger partial charge >= 0.3 is 0 Å². The lowest BCUT2D eigenvalue weighted by atomic mass is 9.96. The zero-order valence-corrected chi connectivity index (χ0v) is 20.6. The summed E-state index contributed by atoms with van der Waals surface area (Å²) in [5.74, 6) is 0.770. The highest BCUT2D eigenvalue weighted by Gasteiger charge is 2.21. The summed E-state index contributed by atoms with van der Waals surface area (Å²) in [6, 6.07) is 13.1. The van der Waals surface area contributed by atoms with Crippen molar-refractivity contribution < 1.29 is 17.9 Å². The molecule has 33 heavy (non-hydrogen) atoms. The van der Waals surface area contributed by atoms with E-state index >= 15 is 0 Å². The van der Waals surface area contributed by atoms with Crippen molar-refractivity contribution in [1.29, 1.82) is 0 Å². The third-order valence-corrected chi connectivity index (χ3v) is 7.02. The second-order valence-electron chi connectivity index (χ2n) is 8.62. The largest absolute Gasteiger partial charge is 0.493 e. The van der Waals surface area contributed by atoms with Gasteiger partial charge in [0, 0.05) is 17.3 Å². The molecule has 0 spiro atoms. The van der Waals surface area contributed by atoms with Gasteiger partial charge in [-0.15, -0.1) is 0 Å². The van der Waals surface area contributed by atoms with Gasteiger partial charge in [-0.25, -0.2) is 13.1 Å². The Hall–Kier alpha value is -2.49. The van der Waals surface area contributed by atoms with Crippen LogP contribution in [0.25, 0.3) is 0 Å². The van der Waals surface area contributed by atoms with Crippen molar-refractivity contribution in [2.45, 2.75) is 56.9 Å². The molecule has 0 radical (unpaired) electrons. The van der Waals surface area contributed by atoms with Gasteiger partial charge in [0.2, 0.25) is 10.0 Å². The average Bonchev–Trinajstić information content (AvgIpc) is 2.78. The number of rotatable bonds is 8. The number of hydrogen-bond acceptors (Lipinski definition) is 5. The summed E-state index contributed by atoms with van der Waals surface area (Å²) in [7, 11) is -3.56. The van der Waals surface area contributed by atoms with Gasteiger partial charge in [0.25, 0.3) is 5.91 Å². The lowest BCUT2D eigenvalue weighted by Gasteiger charge is -2.22.